The Bertz CT molecular complexity index is 250. The first kappa shape index (κ1) is 15.3. The van der Waals surface area contributed by atoms with Gasteiger partial charge in [0.05, 0.1) is 12.2 Å². The molecule has 19 heavy (non-hydrogen) atoms. The zero-order valence-corrected chi connectivity index (χ0v) is 13.1. The molecule has 0 aromatic rings. The van der Waals surface area contributed by atoms with Crippen molar-refractivity contribution in [2.24, 2.45) is 0 Å². The van der Waals surface area contributed by atoms with Crippen molar-refractivity contribution < 1.29 is 4.74 Å². The molecule has 0 amide bonds. The lowest BCUT2D eigenvalue weighted by Gasteiger charge is -2.32. The third-order valence-corrected chi connectivity index (χ3v) is 4.18. The van der Waals surface area contributed by atoms with E-state index in [4.69, 9.17) is 4.74 Å². The molecule has 2 bridgehead atoms. The van der Waals surface area contributed by atoms with Crippen LogP contribution in [0, 0.1) is 0 Å². The molecule has 3 nitrogen and oxygen atoms in total. The summed E-state index contributed by atoms with van der Waals surface area (Å²) in [4.78, 5) is 2.62. The van der Waals surface area contributed by atoms with E-state index in [1.807, 2.05) is 0 Å². The highest BCUT2D eigenvalue weighted by Gasteiger charge is 2.33. The summed E-state index contributed by atoms with van der Waals surface area (Å²) in [6.45, 7) is 11.5. The first-order chi connectivity index (χ1) is 9.03. The summed E-state index contributed by atoms with van der Waals surface area (Å²) in [5.74, 6) is 0. The maximum atomic E-state index is 5.87. The molecule has 2 unspecified atom stereocenters. The fourth-order valence-corrected chi connectivity index (χ4v) is 3.16. The first-order valence-electron chi connectivity index (χ1n) is 8.16. The minimum atomic E-state index is 0.271. The Morgan fingerprint density at radius 1 is 1.00 bits per heavy atom. The van der Waals surface area contributed by atoms with Gasteiger partial charge in [-0.05, 0) is 59.5 Å². The molecule has 0 saturated carbocycles. The quantitative estimate of drug-likeness (QED) is 0.719. The van der Waals surface area contributed by atoms with E-state index < -0.39 is 0 Å². The van der Waals surface area contributed by atoms with Gasteiger partial charge < -0.3 is 10.1 Å². The number of hydrogen-bond donors (Lipinski definition) is 1. The van der Waals surface area contributed by atoms with Crippen LogP contribution in [-0.4, -0.2) is 48.8 Å². The zero-order valence-electron chi connectivity index (χ0n) is 13.1. The molecule has 2 saturated heterocycles. The van der Waals surface area contributed by atoms with Gasteiger partial charge in [0.25, 0.3) is 0 Å². The van der Waals surface area contributed by atoms with Crippen LogP contribution in [0.4, 0.5) is 0 Å². The topological polar surface area (TPSA) is 24.5 Å². The first-order valence-corrected chi connectivity index (χ1v) is 8.16. The highest BCUT2D eigenvalue weighted by Crippen LogP contribution is 2.26. The van der Waals surface area contributed by atoms with Crippen molar-refractivity contribution in [1.29, 1.82) is 0 Å². The van der Waals surface area contributed by atoms with Crippen LogP contribution in [0.1, 0.15) is 59.3 Å². The van der Waals surface area contributed by atoms with Gasteiger partial charge in [-0.25, -0.2) is 0 Å². The molecule has 1 N–H and O–H groups in total. The Morgan fingerprint density at radius 2 is 1.63 bits per heavy atom. The Kier molecular flexibility index (Phi) is 5.67. The van der Waals surface area contributed by atoms with Crippen LogP contribution in [0.15, 0.2) is 0 Å². The summed E-state index contributed by atoms with van der Waals surface area (Å²) in [7, 11) is 0. The van der Waals surface area contributed by atoms with Crippen LogP contribution in [-0.2, 0) is 4.74 Å². The number of morpholine rings is 1. The maximum Gasteiger partial charge on any atom is 0.0707 e. The van der Waals surface area contributed by atoms with Crippen molar-refractivity contribution >= 4 is 0 Å². The molecule has 0 aromatic carbocycles. The van der Waals surface area contributed by atoms with Gasteiger partial charge in [0.2, 0.25) is 0 Å². The normalized spacial score (nSPS) is 27.9. The van der Waals surface area contributed by atoms with Crippen molar-refractivity contribution in [1.82, 2.24) is 10.2 Å². The lowest BCUT2D eigenvalue weighted by Crippen LogP contribution is -2.42. The predicted molar refractivity (Wildman–Crippen MR) is 80.6 cm³/mol. The van der Waals surface area contributed by atoms with E-state index in [9.17, 15) is 0 Å². The second-order valence-electron chi connectivity index (χ2n) is 7.31. The van der Waals surface area contributed by atoms with Gasteiger partial charge in [-0.2, -0.15) is 0 Å². The second kappa shape index (κ2) is 7.05. The molecule has 2 aliphatic heterocycles. The van der Waals surface area contributed by atoms with Crippen LogP contribution in [0.2, 0.25) is 0 Å². The van der Waals surface area contributed by atoms with E-state index in [0.717, 1.165) is 6.54 Å². The van der Waals surface area contributed by atoms with Crippen LogP contribution >= 0.6 is 0 Å². The second-order valence-corrected chi connectivity index (χ2v) is 7.31. The highest BCUT2D eigenvalue weighted by molar-refractivity contribution is 4.84. The molecule has 3 heteroatoms. The fraction of sp³-hybridized carbons (Fsp3) is 1.00. The van der Waals surface area contributed by atoms with Gasteiger partial charge >= 0.3 is 0 Å². The molecule has 2 rings (SSSR count). The van der Waals surface area contributed by atoms with E-state index in [1.54, 1.807) is 0 Å². The largest absolute Gasteiger partial charge is 0.372 e. The standard InChI is InChI=1S/C16H32N2O/c1-16(2,3)17-10-6-4-5-7-11-18-12-14-8-9-15(13-18)19-14/h14-15,17H,4-13H2,1-3H3. The van der Waals surface area contributed by atoms with E-state index in [1.165, 1.54) is 58.2 Å². The van der Waals surface area contributed by atoms with Gasteiger partial charge in [-0.1, -0.05) is 12.8 Å². The monoisotopic (exact) mass is 268 g/mol. The maximum absolute atomic E-state index is 5.87. The molecule has 0 aromatic heterocycles. The summed E-state index contributed by atoms with van der Waals surface area (Å²) < 4.78 is 5.87. The smallest absolute Gasteiger partial charge is 0.0707 e. The molecule has 2 atom stereocenters. The number of ether oxygens (including phenoxy) is 1. The minimum absolute atomic E-state index is 0.271. The Balaban J connectivity index is 1.44. The van der Waals surface area contributed by atoms with Crippen LogP contribution in [0.3, 0.4) is 0 Å². The Hall–Kier alpha value is -0.120. The lowest BCUT2D eigenvalue weighted by atomic mass is 10.1. The Morgan fingerprint density at radius 3 is 2.26 bits per heavy atom. The number of rotatable bonds is 7. The van der Waals surface area contributed by atoms with Crippen molar-refractivity contribution in [3.05, 3.63) is 0 Å². The molecule has 2 aliphatic rings. The van der Waals surface area contributed by atoms with Crippen molar-refractivity contribution in [2.45, 2.75) is 77.0 Å². The minimum Gasteiger partial charge on any atom is -0.372 e. The number of nitrogens with zero attached hydrogens (tertiary/aromatic N) is 1. The summed E-state index contributed by atoms with van der Waals surface area (Å²) in [6.07, 6.45) is 9.09. The average molecular weight is 268 g/mol. The zero-order chi connectivity index (χ0) is 13.7. The summed E-state index contributed by atoms with van der Waals surface area (Å²) >= 11 is 0. The van der Waals surface area contributed by atoms with E-state index in [2.05, 4.69) is 31.0 Å². The molecular weight excluding hydrogens is 236 g/mol. The third-order valence-electron chi connectivity index (χ3n) is 4.18. The number of likely N-dealkylation sites (tertiary alicyclic amines) is 1. The lowest BCUT2D eigenvalue weighted by molar-refractivity contribution is -0.0385. The predicted octanol–water partition coefficient (Wildman–Crippen LogP) is 2.80. The van der Waals surface area contributed by atoms with Gasteiger partial charge in [0.15, 0.2) is 0 Å². The van der Waals surface area contributed by atoms with Crippen molar-refractivity contribution in [2.75, 3.05) is 26.2 Å². The number of nitrogens with one attached hydrogen (secondary N) is 1. The summed E-state index contributed by atoms with van der Waals surface area (Å²) in [5, 5.41) is 3.56. The third kappa shape index (κ3) is 5.80. The molecule has 0 radical (unpaired) electrons. The fourth-order valence-electron chi connectivity index (χ4n) is 3.16. The molecule has 0 spiro atoms. The van der Waals surface area contributed by atoms with Crippen molar-refractivity contribution in [3.63, 3.8) is 0 Å². The van der Waals surface area contributed by atoms with E-state index in [0.29, 0.717) is 12.2 Å². The van der Waals surface area contributed by atoms with Gasteiger partial charge in [0, 0.05) is 18.6 Å². The number of unbranched alkanes of at least 4 members (excludes halogenated alkanes) is 3. The number of hydrogen-bond acceptors (Lipinski definition) is 3. The molecule has 2 fully saturated rings. The molecular formula is C16H32N2O. The van der Waals surface area contributed by atoms with Crippen LogP contribution < -0.4 is 5.32 Å². The van der Waals surface area contributed by atoms with E-state index in [-0.39, 0.29) is 5.54 Å². The van der Waals surface area contributed by atoms with Gasteiger partial charge in [-0.3, -0.25) is 4.90 Å². The van der Waals surface area contributed by atoms with Crippen LogP contribution in [0.5, 0.6) is 0 Å². The molecule has 112 valence electrons. The van der Waals surface area contributed by atoms with Gasteiger partial charge in [-0.15, -0.1) is 0 Å². The molecule has 2 heterocycles. The highest BCUT2D eigenvalue weighted by atomic mass is 16.5. The Labute approximate surface area is 119 Å². The van der Waals surface area contributed by atoms with E-state index >= 15 is 0 Å². The van der Waals surface area contributed by atoms with Gasteiger partial charge in [0.1, 0.15) is 0 Å². The number of fused-ring (bicyclic) bond motifs is 2. The summed E-state index contributed by atoms with van der Waals surface area (Å²) in [6, 6.07) is 0. The van der Waals surface area contributed by atoms with Crippen molar-refractivity contribution in [3.8, 4) is 0 Å². The average Bonchev–Trinajstić information content (AvgIpc) is 2.66. The SMILES string of the molecule is CC(C)(C)NCCCCCCN1CC2CCC(C1)O2. The molecule has 0 aliphatic carbocycles. The summed E-state index contributed by atoms with van der Waals surface area (Å²) in [5.41, 5.74) is 0.271. The van der Waals surface area contributed by atoms with Crippen LogP contribution in [0.25, 0.3) is 0 Å².